The number of piperidine rings is 1. The van der Waals surface area contributed by atoms with Gasteiger partial charge in [-0.1, -0.05) is 0 Å². The zero-order chi connectivity index (χ0) is 19.4. The fraction of sp³-hybridized carbons (Fsp3) is 0.500. The summed E-state index contributed by atoms with van der Waals surface area (Å²) in [4.78, 5) is 17.8. The minimum Gasteiger partial charge on any atom is -0.497 e. The van der Waals surface area contributed by atoms with Crippen molar-refractivity contribution in [2.45, 2.75) is 38.8 Å². The van der Waals surface area contributed by atoms with Gasteiger partial charge in [0.05, 0.1) is 19.3 Å². The Balaban J connectivity index is 0.00000114. The molecular weight excluding hydrogens is 356 g/mol. The predicted molar refractivity (Wildman–Crippen MR) is 111 cm³/mol. The van der Waals surface area contributed by atoms with Gasteiger partial charge in [0.15, 0.2) is 0 Å². The highest BCUT2D eigenvalue weighted by atomic mass is 16.6. The number of hydrogen-bond acceptors (Lipinski definition) is 5. The molecule has 3 aliphatic heterocycles. The number of aromatic amines is 1. The van der Waals surface area contributed by atoms with Crippen LogP contribution in [0.15, 0.2) is 30.2 Å². The van der Waals surface area contributed by atoms with Crippen molar-refractivity contribution in [2.24, 2.45) is 11.8 Å². The van der Waals surface area contributed by atoms with Crippen molar-refractivity contribution in [2.75, 3.05) is 20.2 Å². The molecule has 1 fully saturated rings. The van der Waals surface area contributed by atoms with E-state index in [1.165, 1.54) is 23.6 Å². The summed E-state index contributed by atoms with van der Waals surface area (Å²) in [5, 5.41) is 1.29. The Hall–Kier alpha value is -2.47. The van der Waals surface area contributed by atoms with Crippen LogP contribution in [0, 0.1) is 11.8 Å². The number of carbonyl (C=O) groups excluding carboxylic acids is 1. The number of H-pyrrole nitrogens is 1. The highest BCUT2D eigenvalue weighted by molar-refractivity contribution is 5.86. The lowest BCUT2D eigenvalue weighted by Crippen LogP contribution is -2.51. The van der Waals surface area contributed by atoms with Crippen LogP contribution in [0.1, 0.15) is 41.8 Å². The second-order valence-electron chi connectivity index (χ2n) is 8.15. The van der Waals surface area contributed by atoms with E-state index in [2.05, 4.69) is 28.9 Å². The maximum atomic E-state index is 11.6. The molecule has 3 aliphatic rings. The summed E-state index contributed by atoms with van der Waals surface area (Å²) in [5.74, 6) is 1.79. The Kier molecular flexibility index (Phi) is 4.12. The molecule has 1 saturated heterocycles. The predicted octanol–water partition coefficient (Wildman–Crippen LogP) is 4.27. The van der Waals surface area contributed by atoms with Gasteiger partial charge in [-0.05, 0) is 37.5 Å². The Morgan fingerprint density at radius 1 is 1.39 bits per heavy atom. The smallest absolute Gasteiger partial charge is 0.307 e. The normalized spacial score (nSPS) is 29.2. The quantitative estimate of drug-likeness (QED) is 0.778. The van der Waals surface area contributed by atoms with Gasteiger partial charge < -0.3 is 19.2 Å². The van der Waals surface area contributed by atoms with Gasteiger partial charge in [-0.25, -0.2) is 0 Å². The number of allylic oxidation sites excluding steroid dienone is 1. The number of nitrogens with zero attached hydrogens (tertiary/aromatic N) is 1. The number of fused-ring (bicyclic) bond motifs is 6. The summed E-state index contributed by atoms with van der Waals surface area (Å²) >= 11 is 0. The summed E-state index contributed by atoms with van der Waals surface area (Å²) < 4.78 is 16.7. The molecule has 1 aromatic carbocycles. The summed E-state index contributed by atoms with van der Waals surface area (Å²) in [7, 11) is 1.70. The molecule has 4 heterocycles. The summed E-state index contributed by atoms with van der Waals surface area (Å²) in [5.41, 5.74) is 3.84. The number of ether oxygens (including phenoxy) is 3. The molecule has 6 nitrogen and oxygen atoms in total. The van der Waals surface area contributed by atoms with E-state index in [9.17, 15) is 4.79 Å². The molecule has 0 spiro atoms. The third kappa shape index (κ3) is 2.70. The zero-order valence-electron chi connectivity index (χ0n) is 16.5. The molecule has 4 atom stereocenters. The highest BCUT2D eigenvalue weighted by Crippen LogP contribution is 2.47. The second kappa shape index (κ2) is 6.55. The average Bonchev–Trinajstić information content (AvgIpc) is 3.07. The van der Waals surface area contributed by atoms with Crippen LogP contribution >= 0.6 is 0 Å². The molecule has 4 unspecified atom stereocenters. The van der Waals surface area contributed by atoms with Crippen LogP contribution in [-0.4, -0.2) is 42.2 Å². The number of hydrogen-bond donors (Lipinski definition) is 1. The Morgan fingerprint density at radius 2 is 2.25 bits per heavy atom. The molecule has 154 valence electrons. The number of benzene rings is 1. The van der Waals surface area contributed by atoms with Gasteiger partial charge in [-0.2, -0.15) is 0 Å². The van der Waals surface area contributed by atoms with Crippen LogP contribution in [-0.2, 0) is 20.7 Å². The fourth-order valence-electron chi connectivity index (χ4n) is 5.26. The Labute approximate surface area is 168 Å². The molecule has 0 saturated carbocycles. The maximum absolute atomic E-state index is 11.6. The first kappa shape index (κ1) is 17.6. The minimum atomic E-state index is -0.285. The molecule has 0 radical (unpaired) electrons. The van der Waals surface area contributed by atoms with Crippen molar-refractivity contribution >= 4 is 16.9 Å². The number of aromatic nitrogens is 1. The monoisotopic (exact) mass is 388 g/mol. The van der Waals surface area contributed by atoms with E-state index >= 15 is 0 Å². The van der Waals surface area contributed by atoms with E-state index in [4.69, 9.17) is 14.2 Å². The number of nitrogens with one attached hydrogen (secondary N) is 1. The average molecular weight is 389 g/mol. The van der Waals surface area contributed by atoms with Crippen molar-refractivity contribution in [3.05, 3.63) is 41.5 Å². The molecule has 0 bridgehead atoms. The van der Waals surface area contributed by atoms with Crippen molar-refractivity contribution in [3.63, 3.8) is 0 Å². The van der Waals surface area contributed by atoms with E-state index in [0.717, 1.165) is 37.2 Å². The summed E-state index contributed by atoms with van der Waals surface area (Å²) in [6, 6.07) is 6.56. The third-order valence-corrected chi connectivity index (χ3v) is 6.64. The van der Waals surface area contributed by atoms with Crippen LogP contribution in [0.3, 0.4) is 0 Å². The molecule has 2 aromatic rings. The van der Waals surface area contributed by atoms with Crippen LogP contribution in [0.4, 0.5) is 0 Å². The first-order valence-corrected chi connectivity index (χ1v) is 10.0. The van der Waals surface area contributed by atoms with E-state index < -0.39 is 0 Å². The largest absolute Gasteiger partial charge is 0.497 e. The van der Waals surface area contributed by atoms with Crippen LogP contribution in [0.25, 0.3) is 10.9 Å². The van der Waals surface area contributed by atoms with E-state index in [-0.39, 0.29) is 22.3 Å². The number of methoxy groups -OCH3 is 1. The first-order valence-electron chi connectivity index (χ1n) is 10.0. The standard InChI is InChI=1S/C22H26N2O4.3H2/c1-12-18-10-24-7-6-16-15-5-4-14(26-3)8-19(15)23-22(16)20(24)9-17(18)21(11-27-12)28-13(2)25;;;/h4-5,8,11-12,17-18,20,23H,6-7,9-10H2,1-3H3;3*1H. The molecule has 1 N–H and O–H groups in total. The van der Waals surface area contributed by atoms with Crippen LogP contribution < -0.4 is 4.74 Å². The number of carbonyl (C=O) groups is 1. The number of rotatable bonds is 2. The van der Waals surface area contributed by atoms with Crippen molar-refractivity contribution < 1.29 is 23.3 Å². The van der Waals surface area contributed by atoms with E-state index in [1.807, 2.05) is 6.07 Å². The van der Waals surface area contributed by atoms with Gasteiger partial charge in [0, 0.05) is 58.8 Å². The van der Waals surface area contributed by atoms with Gasteiger partial charge >= 0.3 is 5.97 Å². The lowest BCUT2D eigenvalue weighted by molar-refractivity contribution is -0.141. The van der Waals surface area contributed by atoms with Crippen molar-refractivity contribution in [3.8, 4) is 5.75 Å². The molecule has 6 heteroatoms. The summed E-state index contributed by atoms with van der Waals surface area (Å²) in [6.07, 6.45) is 3.74. The zero-order valence-corrected chi connectivity index (χ0v) is 16.5. The van der Waals surface area contributed by atoms with E-state index in [1.54, 1.807) is 13.4 Å². The van der Waals surface area contributed by atoms with E-state index in [0.29, 0.717) is 17.7 Å². The SMILES string of the molecule is COc1ccc2c3c([nH]c2c1)C1CC2C(OC(C)=O)=COC(C)C2CN1CC3.[HH].[HH].[HH]. The maximum Gasteiger partial charge on any atom is 0.307 e. The van der Waals surface area contributed by atoms with Crippen molar-refractivity contribution in [1.29, 1.82) is 0 Å². The molecule has 0 amide bonds. The van der Waals surface area contributed by atoms with Gasteiger partial charge in [0.25, 0.3) is 0 Å². The molecule has 28 heavy (non-hydrogen) atoms. The Bertz CT molecular complexity index is 977. The van der Waals surface area contributed by atoms with Crippen LogP contribution in [0.5, 0.6) is 5.75 Å². The second-order valence-corrected chi connectivity index (χ2v) is 8.15. The van der Waals surface area contributed by atoms with Gasteiger partial charge in [0.1, 0.15) is 17.8 Å². The molecule has 5 rings (SSSR count). The Morgan fingerprint density at radius 3 is 3.04 bits per heavy atom. The van der Waals surface area contributed by atoms with Gasteiger partial charge in [0.2, 0.25) is 0 Å². The molecule has 1 aromatic heterocycles. The van der Waals surface area contributed by atoms with Gasteiger partial charge in [-0.15, -0.1) is 0 Å². The van der Waals surface area contributed by atoms with Gasteiger partial charge in [-0.3, -0.25) is 9.69 Å². The topological polar surface area (TPSA) is 63.8 Å². The minimum absolute atomic E-state index is 0. The third-order valence-electron chi connectivity index (χ3n) is 6.64. The fourth-order valence-corrected chi connectivity index (χ4v) is 5.26. The van der Waals surface area contributed by atoms with Crippen molar-refractivity contribution in [1.82, 2.24) is 9.88 Å². The summed E-state index contributed by atoms with van der Waals surface area (Å²) in [6.45, 7) is 5.56. The van der Waals surface area contributed by atoms with Crippen LogP contribution in [0.2, 0.25) is 0 Å². The lowest BCUT2D eigenvalue weighted by Gasteiger charge is -2.49. The molecule has 0 aliphatic carbocycles. The lowest BCUT2D eigenvalue weighted by atomic mass is 9.74. The highest BCUT2D eigenvalue weighted by Gasteiger charge is 2.46. The molecular formula is C22H32N2O4. The number of esters is 1. The first-order chi connectivity index (χ1) is 13.5.